The first kappa shape index (κ1) is 14.4. The van der Waals surface area contributed by atoms with Gasteiger partial charge in [0, 0.05) is 27.8 Å². The van der Waals surface area contributed by atoms with Crippen molar-refractivity contribution in [2.75, 3.05) is 5.75 Å². The maximum atomic E-state index is 11.6. The molecular weight excluding hydrogens is 280 g/mol. The number of hydrogen-bond acceptors (Lipinski definition) is 3. The van der Waals surface area contributed by atoms with Gasteiger partial charge in [-0.2, -0.15) is 5.10 Å². The van der Waals surface area contributed by atoms with Gasteiger partial charge in [-0.3, -0.25) is 4.79 Å². The molecule has 0 radical (unpaired) electrons. The van der Waals surface area contributed by atoms with Crippen molar-refractivity contribution in [1.29, 1.82) is 0 Å². The minimum Gasteiger partial charge on any atom is -0.273 e. The van der Waals surface area contributed by atoms with E-state index in [1.807, 2.05) is 24.3 Å². The third-order valence-electron chi connectivity index (χ3n) is 2.93. The summed E-state index contributed by atoms with van der Waals surface area (Å²) in [6.07, 6.45) is 4.92. The fraction of sp³-hybridized carbons (Fsp3) is 0.429. The maximum absolute atomic E-state index is 11.6. The molecule has 1 saturated carbocycles. The average molecular weight is 297 g/mol. The van der Waals surface area contributed by atoms with Crippen molar-refractivity contribution < 1.29 is 4.79 Å². The van der Waals surface area contributed by atoms with Gasteiger partial charge in [-0.05, 0) is 49.9 Å². The Kier molecular flexibility index (Phi) is 5.73. The van der Waals surface area contributed by atoms with Gasteiger partial charge in [-0.25, -0.2) is 5.43 Å². The van der Waals surface area contributed by atoms with E-state index in [0.717, 1.165) is 34.2 Å². The summed E-state index contributed by atoms with van der Waals surface area (Å²) >= 11 is 7.46. The summed E-state index contributed by atoms with van der Waals surface area (Å²) in [6, 6.07) is 7.64. The van der Waals surface area contributed by atoms with Gasteiger partial charge in [0.25, 0.3) is 0 Å². The molecule has 0 saturated heterocycles. The topological polar surface area (TPSA) is 41.5 Å². The molecule has 102 valence electrons. The summed E-state index contributed by atoms with van der Waals surface area (Å²) in [6.45, 7) is 0. The van der Waals surface area contributed by atoms with Crippen molar-refractivity contribution in [2.24, 2.45) is 5.10 Å². The summed E-state index contributed by atoms with van der Waals surface area (Å²) in [4.78, 5) is 12.7. The lowest BCUT2D eigenvalue weighted by Gasteiger charge is -2.02. The second kappa shape index (κ2) is 7.56. The average Bonchev–Trinajstić information content (AvgIpc) is 2.92. The zero-order chi connectivity index (χ0) is 13.5. The number of rotatable bonds is 5. The van der Waals surface area contributed by atoms with Crippen LogP contribution in [0.3, 0.4) is 0 Å². The molecular formula is C14H17ClN2OS. The maximum Gasteiger partial charge on any atom is 0.240 e. The molecule has 1 N–H and O–H groups in total. The van der Waals surface area contributed by atoms with Crippen molar-refractivity contribution in [3.05, 3.63) is 29.3 Å². The summed E-state index contributed by atoms with van der Waals surface area (Å²) in [5.41, 5.74) is 3.76. The number of nitrogens with zero attached hydrogens (tertiary/aromatic N) is 1. The van der Waals surface area contributed by atoms with Gasteiger partial charge in [0.2, 0.25) is 5.91 Å². The molecule has 0 aromatic heterocycles. The lowest BCUT2D eigenvalue weighted by atomic mass is 10.3. The zero-order valence-corrected chi connectivity index (χ0v) is 12.3. The highest BCUT2D eigenvalue weighted by Gasteiger charge is 2.08. The number of hydrogen-bond donors (Lipinski definition) is 1. The SMILES string of the molecule is O=C(CCSc1ccc(Cl)cc1)NN=C1CCCC1. The Morgan fingerprint density at radius 2 is 1.95 bits per heavy atom. The van der Waals surface area contributed by atoms with Crippen LogP contribution in [0.25, 0.3) is 0 Å². The highest BCUT2D eigenvalue weighted by molar-refractivity contribution is 7.99. The van der Waals surface area contributed by atoms with Crippen LogP contribution in [0.2, 0.25) is 5.02 Å². The van der Waals surface area contributed by atoms with E-state index in [1.165, 1.54) is 12.8 Å². The number of carbonyl (C=O) groups excluding carboxylic acids is 1. The Hall–Kier alpha value is -1.00. The molecule has 0 unspecified atom stereocenters. The highest BCUT2D eigenvalue weighted by Crippen LogP contribution is 2.20. The third kappa shape index (κ3) is 5.25. The summed E-state index contributed by atoms with van der Waals surface area (Å²) in [7, 11) is 0. The number of thioether (sulfide) groups is 1. The first-order valence-corrected chi connectivity index (χ1v) is 7.83. The molecule has 1 aromatic carbocycles. The second-order valence-corrected chi connectivity index (χ2v) is 6.08. The van der Waals surface area contributed by atoms with Crippen LogP contribution in [0, 0.1) is 0 Å². The van der Waals surface area contributed by atoms with Crippen LogP contribution in [0.15, 0.2) is 34.3 Å². The molecule has 2 rings (SSSR count). The lowest BCUT2D eigenvalue weighted by Crippen LogP contribution is -2.19. The van der Waals surface area contributed by atoms with E-state index in [0.29, 0.717) is 6.42 Å². The van der Waals surface area contributed by atoms with Gasteiger partial charge < -0.3 is 0 Å². The van der Waals surface area contributed by atoms with Gasteiger partial charge in [0.1, 0.15) is 0 Å². The highest BCUT2D eigenvalue weighted by atomic mass is 35.5. The van der Waals surface area contributed by atoms with Crippen LogP contribution in [-0.4, -0.2) is 17.4 Å². The number of halogens is 1. The fourth-order valence-electron chi connectivity index (χ4n) is 1.88. The molecule has 0 aliphatic heterocycles. The molecule has 1 aromatic rings. The van der Waals surface area contributed by atoms with E-state index < -0.39 is 0 Å². The molecule has 0 atom stereocenters. The Balaban J connectivity index is 1.66. The molecule has 3 nitrogen and oxygen atoms in total. The first-order chi connectivity index (χ1) is 9.24. The Morgan fingerprint density at radius 1 is 1.26 bits per heavy atom. The predicted molar refractivity (Wildman–Crippen MR) is 80.8 cm³/mol. The molecule has 1 aliphatic carbocycles. The van der Waals surface area contributed by atoms with E-state index in [9.17, 15) is 4.79 Å². The van der Waals surface area contributed by atoms with Crippen molar-refractivity contribution >= 4 is 35.0 Å². The van der Waals surface area contributed by atoms with Crippen molar-refractivity contribution in [1.82, 2.24) is 5.43 Å². The van der Waals surface area contributed by atoms with E-state index in [4.69, 9.17) is 11.6 Å². The molecule has 1 amide bonds. The normalized spacial score (nSPS) is 14.5. The molecule has 19 heavy (non-hydrogen) atoms. The summed E-state index contributed by atoms with van der Waals surface area (Å²) in [5, 5.41) is 4.88. The van der Waals surface area contributed by atoms with Crippen molar-refractivity contribution in [3.63, 3.8) is 0 Å². The zero-order valence-electron chi connectivity index (χ0n) is 10.7. The van der Waals surface area contributed by atoms with Crippen LogP contribution < -0.4 is 5.43 Å². The molecule has 1 fully saturated rings. The molecule has 0 heterocycles. The largest absolute Gasteiger partial charge is 0.273 e. The number of nitrogens with one attached hydrogen (secondary N) is 1. The number of carbonyl (C=O) groups is 1. The van der Waals surface area contributed by atoms with E-state index in [-0.39, 0.29) is 5.91 Å². The van der Waals surface area contributed by atoms with Gasteiger partial charge in [-0.15, -0.1) is 11.8 Å². The number of amides is 1. The first-order valence-electron chi connectivity index (χ1n) is 6.47. The Labute approximate surface area is 122 Å². The Morgan fingerprint density at radius 3 is 2.63 bits per heavy atom. The van der Waals surface area contributed by atoms with E-state index in [2.05, 4.69) is 10.5 Å². The van der Waals surface area contributed by atoms with Crippen molar-refractivity contribution in [3.8, 4) is 0 Å². The van der Waals surface area contributed by atoms with Crippen LogP contribution in [-0.2, 0) is 4.79 Å². The Bertz CT molecular complexity index is 451. The lowest BCUT2D eigenvalue weighted by molar-refractivity contribution is -0.120. The molecule has 1 aliphatic rings. The van der Waals surface area contributed by atoms with Crippen LogP contribution >= 0.6 is 23.4 Å². The smallest absolute Gasteiger partial charge is 0.240 e. The molecule has 5 heteroatoms. The van der Waals surface area contributed by atoms with E-state index in [1.54, 1.807) is 11.8 Å². The van der Waals surface area contributed by atoms with Gasteiger partial charge in [-0.1, -0.05) is 11.6 Å². The summed E-state index contributed by atoms with van der Waals surface area (Å²) < 4.78 is 0. The van der Waals surface area contributed by atoms with Crippen LogP contribution in [0.5, 0.6) is 0 Å². The monoisotopic (exact) mass is 296 g/mol. The minimum absolute atomic E-state index is 0.0131. The molecule has 0 bridgehead atoms. The van der Waals surface area contributed by atoms with Crippen LogP contribution in [0.1, 0.15) is 32.1 Å². The second-order valence-electron chi connectivity index (χ2n) is 4.47. The quantitative estimate of drug-likeness (QED) is 0.662. The fourth-order valence-corrected chi connectivity index (χ4v) is 2.86. The number of benzene rings is 1. The standard InChI is InChI=1S/C14H17ClN2OS/c15-11-5-7-13(8-6-11)19-10-9-14(18)17-16-12-3-1-2-4-12/h5-8H,1-4,9-10H2,(H,17,18). The van der Waals surface area contributed by atoms with Gasteiger partial charge in [0.05, 0.1) is 0 Å². The number of hydrazone groups is 1. The van der Waals surface area contributed by atoms with Crippen molar-refractivity contribution in [2.45, 2.75) is 37.0 Å². The minimum atomic E-state index is -0.0131. The van der Waals surface area contributed by atoms with E-state index >= 15 is 0 Å². The molecule has 0 spiro atoms. The summed E-state index contributed by atoms with van der Waals surface area (Å²) in [5.74, 6) is 0.735. The van der Waals surface area contributed by atoms with Crippen LogP contribution in [0.4, 0.5) is 0 Å². The van der Waals surface area contributed by atoms with Gasteiger partial charge >= 0.3 is 0 Å². The predicted octanol–water partition coefficient (Wildman–Crippen LogP) is 3.87. The third-order valence-corrected chi connectivity index (χ3v) is 4.20. The van der Waals surface area contributed by atoms with Gasteiger partial charge in [0.15, 0.2) is 0 Å².